The minimum atomic E-state index is -1.57. The van der Waals surface area contributed by atoms with Crippen molar-refractivity contribution in [3.05, 3.63) is 64.7 Å². The molecule has 1 aliphatic rings. The Hall–Kier alpha value is -3.32. The number of aliphatic carboxylic acids is 1. The van der Waals surface area contributed by atoms with Gasteiger partial charge in [0, 0.05) is 49.0 Å². The number of carboxylic acid groups (broad SMARTS) is 1. The van der Waals surface area contributed by atoms with Crippen LogP contribution in [0.3, 0.4) is 0 Å². The van der Waals surface area contributed by atoms with E-state index in [4.69, 9.17) is 15.6 Å². The topological polar surface area (TPSA) is 122 Å². The van der Waals surface area contributed by atoms with Crippen molar-refractivity contribution in [1.29, 1.82) is 0 Å². The Labute approximate surface area is 220 Å². The van der Waals surface area contributed by atoms with Gasteiger partial charge >= 0.3 is 5.97 Å². The van der Waals surface area contributed by atoms with Crippen molar-refractivity contribution in [1.82, 2.24) is 10.2 Å². The van der Waals surface area contributed by atoms with Crippen molar-refractivity contribution in [2.45, 2.75) is 50.3 Å². The summed E-state index contributed by atoms with van der Waals surface area (Å²) in [5.74, 6) is -6.00. The summed E-state index contributed by atoms with van der Waals surface area (Å²) in [5, 5.41) is 10.8. The molecule has 206 valence electrons. The smallest absolute Gasteiger partial charge is 0.347 e. The van der Waals surface area contributed by atoms with Gasteiger partial charge < -0.3 is 25.8 Å². The summed E-state index contributed by atoms with van der Waals surface area (Å²) >= 11 is 1.21. The maximum Gasteiger partial charge on any atom is 0.347 e. The van der Waals surface area contributed by atoms with Crippen LogP contribution in [0.5, 0.6) is 5.75 Å². The Morgan fingerprint density at radius 3 is 2.42 bits per heavy atom. The zero-order chi connectivity index (χ0) is 28.2. The van der Waals surface area contributed by atoms with Gasteiger partial charge in [0.25, 0.3) is 5.91 Å². The van der Waals surface area contributed by atoms with Gasteiger partial charge in [0.15, 0.2) is 22.6 Å². The molecule has 0 spiro atoms. The summed E-state index contributed by atoms with van der Waals surface area (Å²) in [5.41, 5.74) is 4.34. The number of nitrogens with zero attached hydrogens (tertiary/aromatic N) is 1. The first-order valence-corrected chi connectivity index (χ1v) is 12.6. The molecule has 3 rings (SSSR count). The zero-order valence-corrected chi connectivity index (χ0v) is 21.4. The second kappa shape index (κ2) is 12.0. The number of rotatable bonds is 10. The van der Waals surface area contributed by atoms with Gasteiger partial charge in [-0.05, 0) is 38.0 Å². The summed E-state index contributed by atoms with van der Waals surface area (Å²) < 4.78 is 60.3. The third kappa shape index (κ3) is 7.16. The van der Waals surface area contributed by atoms with Crippen molar-refractivity contribution >= 4 is 29.5 Å². The first-order valence-electron chi connectivity index (χ1n) is 11.6. The summed E-state index contributed by atoms with van der Waals surface area (Å²) in [6.45, 7) is 2.71. The van der Waals surface area contributed by atoms with Crippen LogP contribution in [0.15, 0.2) is 30.3 Å². The number of ether oxygens (including phenoxy) is 1. The minimum Gasteiger partial charge on any atom is -0.478 e. The zero-order valence-electron chi connectivity index (χ0n) is 20.6. The third-order valence-electron chi connectivity index (χ3n) is 5.81. The van der Waals surface area contributed by atoms with E-state index in [9.17, 15) is 31.9 Å². The molecule has 2 aromatic carbocycles. The molecule has 1 saturated heterocycles. The number of hydrogen-bond acceptors (Lipinski definition) is 6. The molecule has 1 fully saturated rings. The van der Waals surface area contributed by atoms with Crippen molar-refractivity contribution in [3.63, 3.8) is 0 Å². The highest BCUT2D eigenvalue weighted by Gasteiger charge is 2.35. The second-order valence-corrected chi connectivity index (χ2v) is 10.4. The van der Waals surface area contributed by atoms with Crippen LogP contribution in [0.2, 0.25) is 0 Å². The molecular formula is C25H27F4N3O5S. The van der Waals surface area contributed by atoms with E-state index in [1.165, 1.54) is 42.6 Å². The van der Waals surface area contributed by atoms with Crippen LogP contribution in [-0.2, 0) is 27.3 Å². The molecule has 1 unspecified atom stereocenters. The lowest BCUT2D eigenvalue weighted by Gasteiger charge is -2.25. The summed E-state index contributed by atoms with van der Waals surface area (Å²) in [7, 11) is 0. The number of nitrogens with two attached hydrogens (primary N) is 1. The molecule has 2 amide bonds. The molecule has 4 N–H and O–H groups in total. The molecule has 1 heterocycles. The van der Waals surface area contributed by atoms with E-state index in [-0.39, 0.29) is 42.8 Å². The Morgan fingerprint density at radius 2 is 1.76 bits per heavy atom. The van der Waals surface area contributed by atoms with Gasteiger partial charge in [-0.3, -0.25) is 9.59 Å². The number of halogens is 4. The lowest BCUT2D eigenvalue weighted by molar-refractivity contribution is -0.152. The Kier molecular flexibility index (Phi) is 9.26. The average molecular weight is 558 g/mol. The molecule has 8 nitrogen and oxygen atoms in total. The number of carbonyl (C=O) groups is 3. The molecular weight excluding hydrogens is 530 g/mol. The SMILES string of the molecule is CC(C)(Oc1ccc(CNC(=O)C2SCCN2C(=O)C[C@H](N)Cc2cc(F)c(F)cc2F)c(F)c1)C(=O)O. The Balaban J connectivity index is 1.56. The first kappa shape index (κ1) is 29.2. The summed E-state index contributed by atoms with van der Waals surface area (Å²) in [4.78, 5) is 38.1. The number of carboxylic acids is 1. The van der Waals surface area contributed by atoms with Crippen LogP contribution in [0.4, 0.5) is 17.6 Å². The maximum absolute atomic E-state index is 14.5. The lowest BCUT2D eigenvalue weighted by atomic mass is 10.0. The molecule has 0 aromatic heterocycles. The van der Waals surface area contributed by atoms with Crippen LogP contribution in [0.25, 0.3) is 0 Å². The molecule has 0 saturated carbocycles. The van der Waals surface area contributed by atoms with E-state index >= 15 is 0 Å². The van der Waals surface area contributed by atoms with E-state index in [1.807, 2.05) is 0 Å². The molecule has 1 aliphatic heterocycles. The monoisotopic (exact) mass is 557 g/mol. The lowest BCUT2D eigenvalue weighted by Crippen LogP contribution is -2.46. The van der Waals surface area contributed by atoms with Crippen molar-refractivity contribution in [2.75, 3.05) is 12.3 Å². The van der Waals surface area contributed by atoms with E-state index < -0.39 is 58.1 Å². The van der Waals surface area contributed by atoms with Crippen LogP contribution < -0.4 is 15.8 Å². The molecule has 13 heteroatoms. The van der Waals surface area contributed by atoms with E-state index in [1.54, 1.807) is 0 Å². The van der Waals surface area contributed by atoms with Crippen LogP contribution in [0.1, 0.15) is 31.4 Å². The molecule has 2 atom stereocenters. The average Bonchev–Trinajstić information content (AvgIpc) is 3.32. The van der Waals surface area contributed by atoms with Crippen LogP contribution in [0, 0.1) is 23.3 Å². The van der Waals surface area contributed by atoms with Gasteiger partial charge in [-0.2, -0.15) is 0 Å². The number of thioether (sulfide) groups is 1. The van der Waals surface area contributed by atoms with Crippen molar-refractivity contribution in [3.8, 4) is 5.75 Å². The first-order chi connectivity index (χ1) is 17.8. The molecule has 38 heavy (non-hydrogen) atoms. The second-order valence-electron chi connectivity index (χ2n) is 9.22. The van der Waals surface area contributed by atoms with Gasteiger partial charge in [-0.15, -0.1) is 11.8 Å². The van der Waals surface area contributed by atoms with E-state index in [2.05, 4.69) is 5.32 Å². The fourth-order valence-electron chi connectivity index (χ4n) is 3.70. The summed E-state index contributed by atoms with van der Waals surface area (Å²) in [6.07, 6.45) is -0.471. The number of amides is 2. The highest BCUT2D eigenvalue weighted by molar-refractivity contribution is 8.00. The fraction of sp³-hybridized carbons (Fsp3) is 0.400. The highest BCUT2D eigenvalue weighted by Crippen LogP contribution is 2.26. The number of benzene rings is 2. The normalized spacial score (nSPS) is 16.3. The number of carbonyl (C=O) groups excluding carboxylic acids is 2. The molecule has 0 aliphatic carbocycles. The highest BCUT2D eigenvalue weighted by atomic mass is 32.2. The van der Waals surface area contributed by atoms with Gasteiger partial charge in [-0.25, -0.2) is 22.4 Å². The molecule has 0 radical (unpaired) electrons. The predicted octanol–water partition coefficient (Wildman–Crippen LogP) is 2.96. The molecule has 0 bridgehead atoms. The number of hydrogen-bond donors (Lipinski definition) is 3. The standard InChI is InChI=1S/C25H27F4N3O5S/c1-25(2,24(35)36)37-16-4-3-13(17(26)10-16)12-31-22(34)23-32(5-6-38-23)21(33)9-15(30)7-14-8-19(28)20(29)11-18(14)27/h3-4,8,10-11,15,23H,5-7,9,12,30H2,1-2H3,(H,31,34)(H,35,36)/t15-,23?/m1/s1. The summed E-state index contributed by atoms with van der Waals surface area (Å²) in [6, 6.07) is 3.95. The minimum absolute atomic E-state index is 0.00712. The fourth-order valence-corrected chi connectivity index (χ4v) is 4.86. The quantitative estimate of drug-likeness (QED) is 0.303. The van der Waals surface area contributed by atoms with Crippen molar-refractivity contribution < 1.29 is 41.8 Å². The van der Waals surface area contributed by atoms with E-state index in [0.29, 0.717) is 17.9 Å². The predicted molar refractivity (Wildman–Crippen MR) is 131 cm³/mol. The van der Waals surface area contributed by atoms with Gasteiger partial charge in [0.05, 0.1) is 0 Å². The van der Waals surface area contributed by atoms with Gasteiger partial charge in [-0.1, -0.05) is 6.07 Å². The third-order valence-corrected chi connectivity index (χ3v) is 7.01. The Morgan fingerprint density at radius 1 is 1.11 bits per heavy atom. The Bertz CT molecular complexity index is 1230. The maximum atomic E-state index is 14.5. The van der Waals surface area contributed by atoms with Gasteiger partial charge in [0.2, 0.25) is 5.91 Å². The molecule has 2 aromatic rings. The number of nitrogens with one attached hydrogen (secondary N) is 1. The largest absolute Gasteiger partial charge is 0.478 e. The van der Waals surface area contributed by atoms with Crippen LogP contribution >= 0.6 is 11.8 Å². The van der Waals surface area contributed by atoms with Crippen LogP contribution in [-0.4, -0.2) is 57.1 Å². The van der Waals surface area contributed by atoms with E-state index in [0.717, 1.165) is 6.07 Å². The van der Waals surface area contributed by atoms with Crippen molar-refractivity contribution in [2.24, 2.45) is 5.73 Å². The van der Waals surface area contributed by atoms with Gasteiger partial charge in [0.1, 0.15) is 17.4 Å².